The molecule has 2 heterocycles. The van der Waals surface area contributed by atoms with Gasteiger partial charge in [0.15, 0.2) is 0 Å². The number of nitriles is 1. The number of piperidine rings is 1. The third-order valence-electron chi connectivity index (χ3n) is 6.22. The van der Waals surface area contributed by atoms with E-state index in [0.717, 1.165) is 55.7 Å². The van der Waals surface area contributed by atoms with Crippen LogP contribution in [0, 0.1) is 24.2 Å². The molecule has 0 spiro atoms. The van der Waals surface area contributed by atoms with E-state index in [1.54, 1.807) is 24.3 Å². The number of fused-ring (bicyclic) bond motifs is 1. The molecule has 0 aromatic heterocycles. The summed E-state index contributed by atoms with van der Waals surface area (Å²) in [6.45, 7) is 5.19. The molecule has 2 aliphatic rings. The Bertz CT molecular complexity index is 1000. The van der Waals surface area contributed by atoms with Gasteiger partial charge in [0.25, 0.3) is 0 Å². The highest BCUT2D eigenvalue weighted by Crippen LogP contribution is 2.27. The van der Waals surface area contributed by atoms with Crippen LogP contribution in [0.25, 0.3) is 0 Å². The van der Waals surface area contributed by atoms with Gasteiger partial charge in [-0.2, -0.15) is 5.26 Å². The lowest BCUT2D eigenvalue weighted by Crippen LogP contribution is -2.39. The normalized spacial score (nSPS) is 16.6. The second kappa shape index (κ2) is 8.68. The molecule has 2 aromatic carbocycles. The van der Waals surface area contributed by atoms with E-state index in [4.69, 9.17) is 10.00 Å². The molecule has 4 rings (SSSR count). The number of amides is 1. The molecular weight excluding hydrogens is 378 g/mol. The topological polar surface area (TPSA) is 82.4 Å². The lowest BCUT2D eigenvalue weighted by Gasteiger charge is -2.31. The summed E-state index contributed by atoms with van der Waals surface area (Å²) < 4.78 is 5.14. The van der Waals surface area contributed by atoms with Gasteiger partial charge in [0.2, 0.25) is 5.91 Å². The van der Waals surface area contributed by atoms with E-state index in [1.165, 1.54) is 5.56 Å². The smallest absolute Gasteiger partial charge is 0.338 e. The van der Waals surface area contributed by atoms with Crippen molar-refractivity contribution in [2.45, 2.75) is 32.8 Å². The first-order chi connectivity index (χ1) is 14.5. The molecule has 0 atom stereocenters. The number of nitrogens with one attached hydrogen (secondary N) is 1. The van der Waals surface area contributed by atoms with Crippen LogP contribution in [-0.4, -0.2) is 36.4 Å². The molecule has 2 aliphatic heterocycles. The summed E-state index contributed by atoms with van der Waals surface area (Å²) >= 11 is 0. The van der Waals surface area contributed by atoms with Crippen molar-refractivity contribution in [1.82, 2.24) is 4.90 Å². The third kappa shape index (κ3) is 4.22. The molecule has 0 unspecified atom stereocenters. The van der Waals surface area contributed by atoms with Crippen molar-refractivity contribution in [3.8, 4) is 6.07 Å². The van der Waals surface area contributed by atoms with E-state index in [2.05, 4.69) is 23.2 Å². The maximum Gasteiger partial charge on any atom is 0.338 e. The van der Waals surface area contributed by atoms with Crippen molar-refractivity contribution in [1.29, 1.82) is 5.26 Å². The number of hydrogen-bond acceptors (Lipinski definition) is 5. The summed E-state index contributed by atoms with van der Waals surface area (Å²) in [5, 5.41) is 11.8. The Morgan fingerprint density at radius 1 is 1.20 bits per heavy atom. The summed E-state index contributed by atoms with van der Waals surface area (Å²) in [4.78, 5) is 26.6. The minimum absolute atomic E-state index is 0.0155. The highest BCUT2D eigenvalue weighted by Gasteiger charge is 2.26. The predicted octanol–water partition coefficient (Wildman–Crippen LogP) is 3.43. The minimum atomic E-state index is -0.221. The van der Waals surface area contributed by atoms with Crippen LogP contribution in [0.4, 0.5) is 5.69 Å². The number of hydrogen-bond donors (Lipinski definition) is 1. The molecule has 2 aromatic rings. The van der Waals surface area contributed by atoms with Gasteiger partial charge < -0.3 is 15.0 Å². The van der Waals surface area contributed by atoms with Crippen LogP contribution < -0.4 is 5.32 Å². The van der Waals surface area contributed by atoms with Gasteiger partial charge in [0.1, 0.15) is 6.61 Å². The fourth-order valence-corrected chi connectivity index (χ4v) is 4.24. The number of likely N-dealkylation sites (tertiary alicyclic amines) is 1. The van der Waals surface area contributed by atoms with Gasteiger partial charge in [0.05, 0.1) is 17.2 Å². The van der Waals surface area contributed by atoms with Crippen molar-refractivity contribution in [3.63, 3.8) is 0 Å². The second-order valence-corrected chi connectivity index (χ2v) is 8.00. The van der Waals surface area contributed by atoms with Crippen LogP contribution in [0.2, 0.25) is 0 Å². The summed E-state index contributed by atoms with van der Waals surface area (Å²) in [7, 11) is 0. The van der Waals surface area contributed by atoms with Crippen molar-refractivity contribution < 1.29 is 14.3 Å². The molecule has 6 nitrogen and oxygen atoms in total. The first kappa shape index (κ1) is 20.1. The van der Waals surface area contributed by atoms with E-state index >= 15 is 0 Å². The summed E-state index contributed by atoms with van der Waals surface area (Å²) in [6.07, 6.45) is 2.61. The van der Waals surface area contributed by atoms with Gasteiger partial charge in [-0.1, -0.05) is 6.07 Å². The van der Waals surface area contributed by atoms with E-state index in [-0.39, 0.29) is 17.8 Å². The van der Waals surface area contributed by atoms with Crippen molar-refractivity contribution >= 4 is 17.6 Å². The number of cyclic esters (lactones) is 1. The van der Waals surface area contributed by atoms with Crippen LogP contribution in [-0.2, 0) is 22.6 Å². The number of carbonyl (C=O) groups is 2. The van der Waals surface area contributed by atoms with E-state index in [0.29, 0.717) is 17.7 Å². The highest BCUT2D eigenvalue weighted by atomic mass is 16.5. The maximum atomic E-state index is 12.6. The zero-order valence-corrected chi connectivity index (χ0v) is 17.1. The SMILES string of the molecule is Cc1c(CCN2CCC(C(=O)Nc3ccc(C#N)cc3)CC2)ccc2c1COC2=O. The molecule has 1 saturated heterocycles. The number of anilines is 1. The first-order valence-corrected chi connectivity index (χ1v) is 10.4. The molecule has 1 N–H and O–H groups in total. The van der Waals surface area contributed by atoms with E-state index in [1.807, 2.05) is 12.1 Å². The number of rotatable bonds is 5. The number of carbonyl (C=O) groups excluding carboxylic acids is 2. The number of nitrogens with zero attached hydrogens (tertiary/aromatic N) is 2. The standard InChI is InChI=1S/C24H25N3O3/c1-16-18(4-7-21-22(16)15-30-24(21)29)8-11-27-12-9-19(10-13-27)23(28)26-20-5-2-17(14-25)3-6-20/h2-7,19H,8-13,15H2,1H3,(H,26,28). The van der Waals surface area contributed by atoms with Crippen LogP contribution >= 0.6 is 0 Å². The van der Waals surface area contributed by atoms with Gasteiger partial charge in [-0.25, -0.2) is 4.79 Å². The summed E-state index contributed by atoms with van der Waals surface area (Å²) in [5.74, 6) is -0.152. The average molecular weight is 403 g/mol. The molecule has 154 valence electrons. The molecule has 30 heavy (non-hydrogen) atoms. The van der Waals surface area contributed by atoms with Crippen LogP contribution in [0.15, 0.2) is 36.4 Å². The Hall–Kier alpha value is -3.17. The number of benzene rings is 2. The van der Waals surface area contributed by atoms with Gasteiger partial charge in [-0.05, 0) is 80.7 Å². The summed E-state index contributed by atoms with van der Waals surface area (Å²) in [5.41, 5.74) is 5.46. The predicted molar refractivity (Wildman–Crippen MR) is 113 cm³/mol. The van der Waals surface area contributed by atoms with Crippen molar-refractivity contribution in [3.05, 3.63) is 64.2 Å². The quantitative estimate of drug-likeness (QED) is 0.774. The first-order valence-electron chi connectivity index (χ1n) is 10.4. The minimum Gasteiger partial charge on any atom is -0.457 e. The zero-order chi connectivity index (χ0) is 21.1. The molecule has 6 heteroatoms. The monoisotopic (exact) mass is 403 g/mol. The summed E-state index contributed by atoms with van der Waals surface area (Å²) in [6, 6.07) is 13.0. The average Bonchev–Trinajstić information content (AvgIpc) is 3.15. The molecule has 0 radical (unpaired) electrons. The molecule has 1 fully saturated rings. The number of ether oxygens (including phenoxy) is 1. The van der Waals surface area contributed by atoms with Crippen LogP contribution in [0.1, 0.15) is 45.5 Å². The Morgan fingerprint density at radius 3 is 2.63 bits per heavy atom. The van der Waals surface area contributed by atoms with Crippen LogP contribution in [0.3, 0.4) is 0 Å². The van der Waals surface area contributed by atoms with Crippen LogP contribution in [0.5, 0.6) is 0 Å². The fourth-order valence-electron chi connectivity index (χ4n) is 4.24. The molecule has 0 bridgehead atoms. The van der Waals surface area contributed by atoms with Gasteiger partial charge in [-0.15, -0.1) is 0 Å². The third-order valence-corrected chi connectivity index (χ3v) is 6.22. The highest BCUT2D eigenvalue weighted by molar-refractivity contribution is 5.94. The van der Waals surface area contributed by atoms with Crippen molar-refractivity contribution in [2.75, 3.05) is 25.0 Å². The van der Waals surface area contributed by atoms with E-state index in [9.17, 15) is 9.59 Å². The maximum absolute atomic E-state index is 12.6. The molecular formula is C24H25N3O3. The molecule has 1 amide bonds. The largest absolute Gasteiger partial charge is 0.457 e. The fraction of sp³-hybridized carbons (Fsp3) is 0.375. The Morgan fingerprint density at radius 2 is 1.93 bits per heavy atom. The Balaban J connectivity index is 1.26. The zero-order valence-electron chi connectivity index (χ0n) is 17.1. The Kier molecular flexibility index (Phi) is 5.82. The van der Waals surface area contributed by atoms with Gasteiger partial charge in [0, 0.05) is 23.7 Å². The Labute approximate surface area is 176 Å². The lowest BCUT2D eigenvalue weighted by molar-refractivity contribution is -0.121. The lowest BCUT2D eigenvalue weighted by atomic mass is 9.94. The molecule has 0 saturated carbocycles. The molecule has 0 aliphatic carbocycles. The van der Waals surface area contributed by atoms with Gasteiger partial charge >= 0.3 is 5.97 Å². The van der Waals surface area contributed by atoms with Crippen molar-refractivity contribution in [2.24, 2.45) is 5.92 Å². The number of esters is 1. The second-order valence-electron chi connectivity index (χ2n) is 8.00. The van der Waals surface area contributed by atoms with Gasteiger partial charge in [-0.3, -0.25) is 4.79 Å². The van der Waals surface area contributed by atoms with E-state index < -0.39 is 0 Å².